The molecule has 1 aliphatic heterocycles. The molecule has 0 aromatic heterocycles. The van der Waals surface area contributed by atoms with E-state index in [1.54, 1.807) is 0 Å². The molecule has 0 saturated heterocycles. The summed E-state index contributed by atoms with van der Waals surface area (Å²) in [5, 5.41) is 0. The third kappa shape index (κ3) is 1.16. The van der Waals surface area contributed by atoms with Crippen molar-refractivity contribution >= 4 is 5.90 Å². The lowest BCUT2D eigenvalue weighted by atomic mass is 9.46. The Bertz CT molecular complexity index is 343. The molecule has 3 unspecified atom stereocenters. The molecule has 1 fully saturated rings. The molecule has 2 nitrogen and oxygen atoms in total. The summed E-state index contributed by atoms with van der Waals surface area (Å²) in [7, 11) is 0. The zero-order valence-corrected chi connectivity index (χ0v) is 11.7. The van der Waals surface area contributed by atoms with Crippen molar-refractivity contribution in [1.82, 2.24) is 0 Å². The lowest BCUT2D eigenvalue weighted by Gasteiger charge is -2.64. The maximum Gasteiger partial charge on any atom is 0.181 e. The van der Waals surface area contributed by atoms with Gasteiger partial charge in [0.25, 0.3) is 0 Å². The van der Waals surface area contributed by atoms with Crippen LogP contribution < -0.4 is 0 Å². The van der Waals surface area contributed by atoms with Crippen LogP contribution in [0.3, 0.4) is 0 Å². The fourth-order valence-electron chi connectivity index (χ4n) is 3.60. The molecular formula is C14H25NO. The summed E-state index contributed by atoms with van der Waals surface area (Å²) in [5.41, 5.74) is 0.0525. The highest BCUT2D eigenvalue weighted by Gasteiger charge is 2.65. The highest BCUT2D eigenvalue weighted by molar-refractivity contribution is 5.75. The summed E-state index contributed by atoms with van der Waals surface area (Å²) in [6.07, 6.45) is 1.20. The first kappa shape index (κ1) is 11.9. The maximum absolute atomic E-state index is 5.95. The van der Waals surface area contributed by atoms with Gasteiger partial charge in [-0.2, -0.15) is 0 Å². The van der Waals surface area contributed by atoms with Gasteiger partial charge in [-0.05, 0) is 32.1 Å². The zero-order chi connectivity index (χ0) is 12.4. The monoisotopic (exact) mass is 223 g/mol. The summed E-state index contributed by atoms with van der Waals surface area (Å²) in [5.74, 6) is 2.30. The lowest BCUT2D eigenvalue weighted by molar-refractivity contribution is -0.151. The number of hydrogen-bond donors (Lipinski definition) is 0. The Morgan fingerprint density at radius 1 is 1.19 bits per heavy atom. The summed E-state index contributed by atoms with van der Waals surface area (Å²) in [4.78, 5) is 4.89. The quantitative estimate of drug-likeness (QED) is 0.614. The second kappa shape index (κ2) is 3.02. The van der Waals surface area contributed by atoms with Crippen molar-refractivity contribution in [1.29, 1.82) is 0 Å². The first-order chi connectivity index (χ1) is 7.14. The molecule has 0 N–H and O–H groups in total. The molecule has 3 atom stereocenters. The Morgan fingerprint density at radius 2 is 1.75 bits per heavy atom. The van der Waals surface area contributed by atoms with Crippen LogP contribution in [0.25, 0.3) is 0 Å². The predicted molar refractivity (Wildman–Crippen MR) is 67.7 cm³/mol. The van der Waals surface area contributed by atoms with Crippen LogP contribution in [0.2, 0.25) is 0 Å². The standard InChI is InChI=1S/C14H25NO/c1-9-8-14(10(9)2)12(4,5)13(6,7)16-11(3)15-14/h9-10H,8H2,1-7H3. The van der Waals surface area contributed by atoms with Crippen molar-refractivity contribution < 1.29 is 4.74 Å². The minimum atomic E-state index is -0.132. The van der Waals surface area contributed by atoms with Crippen LogP contribution >= 0.6 is 0 Å². The van der Waals surface area contributed by atoms with Crippen molar-refractivity contribution in [3.8, 4) is 0 Å². The molecule has 0 aromatic carbocycles. The zero-order valence-electron chi connectivity index (χ0n) is 11.7. The fourth-order valence-corrected chi connectivity index (χ4v) is 3.60. The second-order valence-corrected chi connectivity index (χ2v) is 6.76. The van der Waals surface area contributed by atoms with Gasteiger partial charge in [0.15, 0.2) is 5.90 Å². The summed E-state index contributed by atoms with van der Waals surface area (Å²) < 4.78 is 5.95. The van der Waals surface area contributed by atoms with Crippen LogP contribution in [0, 0.1) is 17.3 Å². The summed E-state index contributed by atoms with van der Waals surface area (Å²) in [6, 6.07) is 0. The van der Waals surface area contributed by atoms with E-state index in [1.807, 2.05) is 6.92 Å². The Kier molecular flexibility index (Phi) is 2.26. The highest BCUT2D eigenvalue weighted by Crippen LogP contribution is 2.61. The lowest BCUT2D eigenvalue weighted by Crippen LogP contribution is -2.68. The van der Waals surface area contributed by atoms with E-state index in [2.05, 4.69) is 41.5 Å². The second-order valence-electron chi connectivity index (χ2n) is 6.76. The third-order valence-electron chi connectivity index (χ3n) is 5.59. The van der Waals surface area contributed by atoms with Crippen molar-refractivity contribution in [3.05, 3.63) is 0 Å². The topological polar surface area (TPSA) is 21.6 Å². The number of ether oxygens (including phenoxy) is 1. The smallest absolute Gasteiger partial charge is 0.181 e. The van der Waals surface area contributed by atoms with Crippen molar-refractivity contribution in [2.75, 3.05) is 0 Å². The SMILES string of the molecule is CC1=NC2(CC(C)C2C)C(C)(C)C(C)(C)O1. The molecule has 1 saturated carbocycles. The van der Waals surface area contributed by atoms with Gasteiger partial charge in [0.1, 0.15) is 5.60 Å². The van der Waals surface area contributed by atoms with Crippen molar-refractivity contribution in [2.45, 2.75) is 66.0 Å². The van der Waals surface area contributed by atoms with Crippen LogP contribution in [0.1, 0.15) is 54.9 Å². The maximum atomic E-state index is 5.95. The minimum Gasteiger partial charge on any atom is -0.475 e. The molecule has 1 aliphatic carbocycles. The van der Waals surface area contributed by atoms with Crippen LogP contribution in [0.5, 0.6) is 0 Å². The van der Waals surface area contributed by atoms with Crippen LogP contribution in [-0.2, 0) is 4.74 Å². The van der Waals surface area contributed by atoms with E-state index in [9.17, 15) is 0 Å². The van der Waals surface area contributed by atoms with E-state index < -0.39 is 0 Å². The Balaban J connectivity index is 2.49. The fraction of sp³-hybridized carbons (Fsp3) is 0.929. The van der Waals surface area contributed by atoms with Crippen LogP contribution in [0.4, 0.5) is 0 Å². The summed E-state index contributed by atoms with van der Waals surface area (Å²) >= 11 is 0. The Morgan fingerprint density at radius 3 is 2.19 bits per heavy atom. The highest BCUT2D eigenvalue weighted by atomic mass is 16.5. The number of hydrogen-bond acceptors (Lipinski definition) is 2. The van der Waals surface area contributed by atoms with Gasteiger partial charge >= 0.3 is 0 Å². The van der Waals surface area contributed by atoms with E-state index in [1.165, 1.54) is 6.42 Å². The van der Waals surface area contributed by atoms with Crippen LogP contribution in [0.15, 0.2) is 4.99 Å². The molecule has 92 valence electrons. The Hall–Kier alpha value is -0.530. The van der Waals surface area contributed by atoms with E-state index in [4.69, 9.17) is 9.73 Å². The Labute approximate surface area is 99.5 Å². The first-order valence-electron chi connectivity index (χ1n) is 6.39. The molecule has 0 radical (unpaired) electrons. The largest absolute Gasteiger partial charge is 0.475 e. The summed E-state index contributed by atoms with van der Waals surface area (Å²) in [6.45, 7) is 15.7. The predicted octanol–water partition coefficient (Wildman–Crippen LogP) is 3.65. The van der Waals surface area contributed by atoms with E-state index in [-0.39, 0.29) is 16.6 Å². The number of aliphatic imine (C=N–C) groups is 1. The molecule has 0 amide bonds. The van der Waals surface area contributed by atoms with Gasteiger partial charge < -0.3 is 4.74 Å². The molecule has 0 aromatic rings. The molecule has 2 heteroatoms. The molecule has 1 spiro atoms. The van der Waals surface area contributed by atoms with Gasteiger partial charge in [0.2, 0.25) is 0 Å². The van der Waals surface area contributed by atoms with Crippen molar-refractivity contribution in [3.63, 3.8) is 0 Å². The minimum absolute atomic E-state index is 0.0887. The average molecular weight is 223 g/mol. The number of rotatable bonds is 0. The number of nitrogens with zero attached hydrogens (tertiary/aromatic N) is 1. The third-order valence-corrected chi connectivity index (χ3v) is 5.59. The van der Waals surface area contributed by atoms with Gasteiger partial charge in [0, 0.05) is 12.3 Å². The molecule has 16 heavy (non-hydrogen) atoms. The molecule has 0 bridgehead atoms. The molecule has 2 aliphatic rings. The van der Waals surface area contributed by atoms with Gasteiger partial charge in [-0.1, -0.05) is 27.7 Å². The molecular weight excluding hydrogens is 198 g/mol. The average Bonchev–Trinajstić information content (AvgIpc) is 2.13. The molecule has 2 rings (SSSR count). The van der Waals surface area contributed by atoms with Crippen molar-refractivity contribution in [2.24, 2.45) is 22.2 Å². The normalized spacial score (nSPS) is 44.6. The van der Waals surface area contributed by atoms with E-state index in [0.29, 0.717) is 5.92 Å². The van der Waals surface area contributed by atoms with Gasteiger partial charge in [-0.3, -0.25) is 0 Å². The van der Waals surface area contributed by atoms with E-state index >= 15 is 0 Å². The molecule has 1 heterocycles. The first-order valence-corrected chi connectivity index (χ1v) is 6.39. The van der Waals surface area contributed by atoms with Gasteiger partial charge in [-0.25, -0.2) is 4.99 Å². The van der Waals surface area contributed by atoms with E-state index in [0.717, 1.165) is 11.8 Å². The van der Waals surface area contributed by atoms with Gasteiger partial charge in [-0.15, -0.1) is 0 Å². The van der Waals surface area contributed by atoms with Crippen LogP contribution in [-0.4, -0.2) is 17.0 Å². The van der Waals surface area contributed by atoms with Gasteiger partial charge in [0.05, 0.1) is 5.54 Å².